The molecule has 0 aliphatic heterocycles. The van der Waals surface area contributed by atoms with Crippen molar-refractivity contribution in [3.63, 3.8) is 0 Å². The van der Waals surface area contributed by atoms with Crippen LogP contribution in [0.1, 0.15) is 12.8 Å². The second kappa shape index (κ2) is 6.38. The number of carbonyl (C=O) groups excluding carboxylic acids is 2. The Balaban J connectivity index is 3.81. The predicted octanol–water partition coefficient (Wildman–Crippen LogP) is -2.35. The summed E-state index contributed by atoms with van der Waals surface area (Å²) < 4.78 is 0. The van der Waals surface area contributed by atoms with Gasteiger partial charge in [0.2, 0.25) is 11.8 Å². The summed E-state index contributed by atoms with van der Waals surface area (Å²) in [5.74, 6) is -1.13. The van der Waals surface area contributed by atoms with E-state index in [9.17, 15) is 9.59 Å². The average Bonchev–Trinajstić information content (AvgIpc) is 2.02. The summed E-state index contributed by atoms with van der Waals surface area (Å²) in [6, 6.07) is -0.677. The summed E-state index contributed by atoms with van der Waals surface area (Å²) in [4.78, 5) is 21.2. The van der Waals surface area contributed by atoms with E-state index in [0.717, 1.165) is 6.42 Å². The number of hydrogen-bond donors (Lipinski definition) is 4. The van der Waals surface area contributed by atoms with Crippen LogP contribution in [-0.2, 0) is 9.59 Å². The largest absolute Gasteiger partial charge is 0.370 e. The summed E-state index contributed by atoms with van der Waals surface area (Å²) in [6.45, 7) is 1.08. The number of nitrogens with one attached hydrogen (secondary N) is 1. The molecule has 0 unspecified atom stereocenters. The van der Waals surface area contributed by atoms with Gasteiger partial charge >= 0.3 is 0 Å². The SMILES string of the molecule is NCCCN[C@@H](CC(N)=O)C(N)=O. The van der Waals surface area contributed by atoms with Crippen molar-refractivity contribution in [1.29, 1.82) is 0 Å². The van der Waals surface area contributed by atoms with Gasteiger partial charge in [0.1, 0.15) is 0 Å². The maximum absolute atomic E-state index is 10.7. The molecule has 0 rings (SSSR count). The van der Waals surface area contributed by atoms with Gasteiger partial charge in [-0.15, -0.1) is 0 Å². The lowest BCUT2D eigenvalue weighted by molar-refractivity contribution is -0.125. The number of amides is 2. The van der Waals surface area contributed by atoms with E-state index < -0.39 is 17.9 Å². The lowest BCUT2D eigenvalue weighted by Crippen LogP contribution is -2.44. The fourth-order valence-corrected chi connectivity index (χ4v) is 0.853. The summed E-state index contributed by atoms with van der Waals surface area (Å²) in [5.41, 5.74) is 15.2. The van der Waals surface area contributed by atoms with Crippen LogP contribution in [0.15, 0.2) is 0 Å². The van der Waals surface area contributed by atoms with Crippen LogP contribution in [0, 0.1) is 0 Å². The fourth-order valence-electron chi connectivity index (χ4n) is 0.853. The molecule has 13 heavy (non-hydrogen) atoms. The first kappa shape index (κ1) is 11.9. The van der Waals surface area contributed by atoms with Gasteiger partial charge in [0, 0.05) is 0 Å². The first-order valence-electron chi connectivity index (χ1n) is 4.09. The normalized spacial score (nSPS) is 12.4. The summed E-state index contributed by atoms with van der Waals surface area (Å²) in [7, 11) is 0. The molecule has 6 nitrogen and oxygen atoms in total. The van der Waals surface area contributed by atoms with Crippen LogP contribution in [0.25, 0.3) is 0 Å². The van der Waals surface area contributed by atoms with E-state index in [1.54, 1.807) is 0 Å². The van der Waals surface area contributed by atoms with Crippen molar-refractivity contribution in [3.05, 3.63) is 0 Å². The maximum Gasteiger partial charge on any atom is 0.235 e. The van der Waals surface area contributed by atoms with Crippen molar-refractivity contribution < 1.29 is 9.59 Å². The highest BCUT2D eigenvalue weighted by molar-refractivity contribution is 5.86. The quantitative estimate of drug-likeness (QED) is 0.334. The Hall–Kier alpha value is -1.14. The third-order valence-electron chi connectivity index (χ3n) is 1.52. The molecule has 0 fully saturated rings. The number of carbonyl (C=O) groups is 2. The lowest BCUT2D eigenvalue weighted by atomic mass is 10.2. The minimum Gasteiger partial charge on any atom is -0.370 e. The van der Waals surface area contributed by atoms with Crippen molar-refractivity contribution in [2.45, 2.75) is 18.9 Å². The Morgan fingerprint density at radius 1 is 1.31 bits per heavy atom. The Morgan fingerprint density at radius 3 is 2.31 bits per heavy atom. The zero-order chi connectivity index (χ0) is 10.3. The smallest absolute Gasteiger partial charge is 0.235 e. The van der Waals surface area contributed by atoms with Crippen LogP contribution >= 0.6 is 0 Å². The van der Waals surface area contributed by atoms with Crippen molar-refractivity contribution >= 4 is 11.8 Å². The number of hydrogen-bond acceptors (Lipinski definition) is 4. The minimum absolute atomic E-state index is 0.0695. The molecule has 0 aromatic carbocycles. The van der Waals surface area contributed by atoms with E-state index in [4.69, 9.17) is 17.2 Å². The number of nitrogens with two attached hydrogens (primary N) is 3. The Kier molecular flexibility index (Phi) is 5.82. The molecule has 0 saturated heterocycles. The molecule has 1 atom stereocenters. The summed E-state index contributed by atoms with van der Waals surface area (Å²) in [5, 5.41) is 2.80. The molecule has 0 aliphatic carbocycles. The standard InChI is InChI=1S/C7H16N4O2/c8-2-1-3-11-5(7(10)13)4-6(9)12/h5,11H,1-4,8H2,(H2,9,12)(H2,10,13)/t5-/m0/s1. The van der Waals surface area contributed by atoms with E-state index in [2.05, 4.69) is 5.32 Å². The topological polar surface area (TPSA) is 124 Å². The van der Waals surface area contributed by atoms with Crippen molar-refractivity contribution in [3.8, 4) is 0 Å². The van der Waals surface area contributed by atoms with E-state index in [-0.39, 0.29) is 6.42 Å². The first-order chi connectivity index (χ1) is 6.07. The van der Waals surface area contributed by atoms with Gasteiger partial charge in [0.15, 0.2) is 0 Å². The minimum atomic E-state index is -0.677. The van der Waals surface area contributed by atoms with E-state index in [1.165, 1.54) is 0 Å². The Morgan fingerprint density at radius 2 is 1.92 bits per heavy atom. The van der Waals surface area contributed by atoms with Gasteiger partial charge in [-0.05, 0) is 19.5 Å². The molecular formula is C7H16N4O2. The molecule has 0 aromatic rings. The number of primary amides is 2. The van der Waals surface area contributed by atoms with Gasteiger partial charge in [-0.1, -0.05) is 0 Å². The highest BCUT2D eigenvalue weighted by Crippen LogP contribution is 1.89. The van der Waals surface area contributed by atoms with E-state index in [1.807, 2.05) is 0 Å². The third kappa shape index (κ3) is 6.06. The van der Waals surface area contributed by atoms with Crippen LogP contribution in [0.3, 0.4) is 0 Å². The molecule has 2 amide bonds. The zero-order valence-corrected chi connectivity index (χ0v) is 7.45. The van der Waals surface area contributed by atoms with Crippen LogP contribution in [0.2, 0.25) is 0 Å². The van der Waals surface area contributed by atoms with Crippen molar-refractivity contribution in [2.75, 3.05) is 13.1 Å². The van der Waals surface area contributed by atoms with Crippen LogP contribution in [-0.4, -0.2) is 30.9 Å². The molecular weight excluding hydrogens is 172 g/mol. The first-order valence-corrected chi connectivity index (χ1v) is 4.09. The Bertz CT molecular complexity index is 183. The highest BCUT2D eigenvalue weighted by atomic mass is 16.2. The molecule has 0 spiro atoms. The molecule has 0 aromatic heterocycles. The highest BCUT2D eigenvalue weighted by Gasteiger charge is 2.16. The monoisotopic (exact) mass is 188 g/mol. The van der Waals surface area contributed by atoms with Crippen molar-refractivity contribution in [1.82, 2.24) is 5.32 Å². The van der Waals surface area contributed by atoms with Gasteiger partial charge in [-0.25, -0.2) is 0 Å². The van der Waals surface area contributed by atoms with Crippen molar-refractivity contribution in [2.24, 2.45) is 17.2 Å². The van der Waals surface area contributed by atoms with Gasteiger partial charge in [0.25, 0.3) is 0 Å². The molecule has 0 heterocycles. The van der Waals surface area contributed by atoms with Gasteiger partial charge < -0.3 is 22.5 Å². The van der Waals surface area contributed by atoms with Gasteiger partial charge in [0.05, 0.1) is 12.5 Å². The summed E-state index contributed by atoms with van der Waals surface area (Å²) in [6.07, 6.45) is 0.655. The third-order valence-corrected chi connectivity index (χ3v) is 1.52. The average molecular weight is 188 g/mol. The predicted molar refractivity (Wildman–Crippen MR) is 48.5 cm³/mol. The second-order valence-corrected chi connectivity index (χ2v) is 2.72. The molecule has 76 valence electrons. The maximum atomic E-state index is 10.7. The lowest BCUT2D eigenvalue weighted by Gasteiger charge is -2.12. The number of rotatable bonds is 7. The van der Waals surface area contributed by atoms with Crippen LogP contribution < -0.4 is 22.5 Å². The Labute approximate surface area is 76.8 Å². The van der Waals surface area contributed by atoms with Crippen LogP contribution in [0.4, 0.5) is 0 Å². The molecule has 0 aliphatic rings. The molecule has 6 heteroatoms. The zero-order valence-electron chi connectivity index (χ0n) is 7.45. The second-order valence-electron chi connectivity index (χ2n) is 2.72. The van der Waals surface area contributed by atoms with Crippen LogP contribution in [0.5, 0.6) is 0 Å². The van der Waals surface area contributed by atoms with Gasteiger partial charge in [-0.3, -0.25) is 9.59 Å². The fraction of sp³-hybridized carbons (Fsp3) is 0.714. The molecule has 0 bridgehead atoms. The van der Waals surface area contributed by atoms with Gasteiger partial charge in [-0.2, -0.15) is 0 Å². The molecule has 0 saturated carbocycles. The van der Waals surface area contributed by atoms with E-state index in [0.29, 0.717) is 13.1 Å². The molecule has 7 N–H and O–H groups in total. The molecule has 0 radical (unpaired) electrons. The van der Waals surface area contributed by atoms with E-state index >= 15 is 0 Å². The summed E-state index contributed by atoms with van der Waals surface area (Å²) >= 11 is 0.